The van der Waals surface area contributed by atoms with Gasteiger partial charge in [-0.2, -0.15) is 0 Å². The first-order valence-electron chi connectivity index (χ1n) is 9.75. The van der Waals surface area contributed by atoms with E-state index in [1.165, 1.54) is 4.88 Å². The normalized spacial score (nSPS) is 11.9. The van der Waals surface area contributed by atoms with Crippen LogP contribution in [-0.4, -0.2) is 10.9 Å². The van der Waals surface area contributed by atoms with E-state index in [4.69, 9.17) is 0 Å². The molecule has 30 heavy (non-hydrogen) atoms. The Labute approximate surface area is 184 Å². The molecular weight excluding hydrogens is 410 g/mol. The fourth-order valence-corrected chi connectivity index (χ4v) is 4.76. The molecule has 0 radical (unpaired) electrons. The van der Waals surface area contributed by atoms with Crippen molar-refractivity contribution in [1.29, 1.82) is 0 Å². The van der Waals surface area contributed by atoms with E-state index >= 15 is 0 Å². The van der Waals surface area contributed by atoms with Crippen molar-refractivity contribution >= 4 is 34.3 Å². The van der Waals surface area contributed by atoms with Crippen LogP contribution in [0.5, 0.6) is 0 Å². The lowest BCUT2D eigenvalue weighted by Gasteiger charge is -2.19. The number of thiazole rings is 1. The average Bonchev–Trinajstić information content (AvgIpc) is 3.40. The van der Waals surface area contributed by atoms with Crippen molar-refractivity contribution in [2.24, 2.45) is 0 Å². The van der Waals surface area contributed by atoms with Crippen LogP contribution in [0.1, 0.15) is 27.1 Å². The molecule has 0 saturated heterocycles. The van der Waals surface area contributed by atoms with Crippen LogP contribution in [0.4, 0.5) is 5.69 Å². The Balaban J connectivity index is 1.48. The summed E-state index contributed by atoms with van der Waals surface area (Å²) >= 11 is 3.36. The molecule has 6 heteroatoms. The van der Waals surface area contributed by atoms with Gasteiger partial charge in [-0.1, -0.05) is 48.0 Å². The molecular formula is C24H23N3OS2. The molecule has 1 atom stereocenters. The molecule has 0 aliphatic heterocycles. The number of rotatable bonds is 7. The molecule has 0 aliphatic rings. The van der Waals surface area contributed by atoms with E-state index in [1.807, 2.05) is 68.4 Å². The van der Waals surface area contributed by atoms with Crippen molar-refractivity contribution in [2.45, 2.75) is 26.4 Å². The molecule has 0 aliphatic carbocycles. The Hall–Kier alpha value is -2.80. The van der Waals surface area contributed by atoms with Crippen molar-refractivity contribution in [3.8, 4) is 10.6 Å². The van der Waals surface area contributed by atoms with E-state index in [0.717, 1.165) is 32.4 Å². The number of nitrogens with one attached hydrogen (secondary N) is 2. The second-order valence-corrected chi connectivity index (χ2v) is 9.33. The summed E-state index contributed by atoms with van der Waals surface area (Å²) in [4.78, 5) is 19.9. The zero-order valence-corrected chi connectivity index (χ0v) is 18.5. The second kappa shape index (κ2) is 9.34. The zero-order chi connectivity index (χ0) is 20.9. The molecule has 2 aromatic heterocycles. The molecule has 152 valence electrons. The Kier molecular flexibility index (Phi) is 6.38. The fraction of sp³-hybridized carbons (Fsp3) is 0.167. The van der Waals surface area contributed by atoms with Gasteiger partial charge in [-0.25, -0.2) is 4.98 Å². The van der Waals surface area contributed by atoms with E-state index < -0.39 is 6.04 Å². The molecule has 4 aromatic rings. The summed E-state index contributed by atoms with van der Waals surface area (Å²) in [5, 5.41) is 9.61. The van der Waals surface area contributed by atoms with Crippen molar-refractivity contribution in [3.05, 3.63) is 93.1 Å². The number of carbonyl (C=O) groups excluding carboxylic acids is 1. The third kappa shape index (κ3) is 5.02. The van der Waals surface area contributed by atoms with Gasteiger partial charge in [0.15, 0.2) is 0 Å². The van der Waals surface area contributed by atoms with E-state index in [9.17, 15) is 4.79 Å². The number of benzene rings is 2. The predicted octanol–water partition coefficient (Wildman–Crippen LogP) is 5.96. The van der Waals surface area contributed by atoms with E-state index in [-0.39, 0.29) is 5.91 Å². The summed E-state index contributed by atoms with van der Waals surface area (Å²) in [7, 11) is 0. The van der Waals surface area contributed by atoms with E-state index in [0.29, 0.717) is 6.54 Å². The molecule has 2 heterocycles. The summed E-state index contributed by atoms with van der Waals surface area (Å²) in [5.41, 5.74) is 3.92. The van der Waals surface area contributed by atoms with Crippen LogP contribution in [0.2, 0.25) is 0 Å². The van der Waals surface area contributed by atoms with Crippen LogP contribution >= 0.6 is 22.7 Å². The van der Waals surface area contributed by atoms with Gasteiger partial charge in [0.05, 0.1) is 15.6 Å². The van der Waals surface area contributed by atoms with Crippen LogP contribution in [-0.2, 0) is 11.3 Å². The molecule has 0 spiro atoms. The molecule has 0 fully saturated rings. The van der Waals surface area contributed by atoms with Gasteiger partial charge in [0.25, 0.3) is 0 Å². The first-order chi connectivity index (χ1) is 14.6. The van der Waals surface area contributed by atoms with E-state index in [1.54, 1.807) is 22.7 Å². The highest BCUT2D eigenvalue weighted by molar-refractivity contribution is 7.16. The first-order valence-corrected chi connectivity index (χ1v) is 11.5. The lowest BCUT2D eigenvalue weighted by atomic mass is 10.1. The number of nitrogens with zero attached hydrogens (tertiary/aromatic N) is 1. The molecule has 4 nitrogen and oxygen atoms in total. The van der Waals surface area contributed by atoms with Crippen LogP contribution in [0, 0.1) is 13.8 Å². The topological polar surface area (TPSA) is 54.0 Å². The highest BCUT2D eigenvalue weighted by atomic mass is 32.1. The quantitative estimate of drug-likeness (QED) is 0.378. The maximum Gasteiger partial charge on any atom is 0.246 e. The number of amides is 1. The monoisotopic (exact) mass is 433 g/mol. The largest absolute Gasteiger partial charge is 0.324 e. The SMILES string of the molecule is Cc1ccc(NC(=O)[C@H](NCc2ccc(-c3csc(C)n3)s2)c2ccccc2)cc1. The minimum absolute atomic E-state index is 0.0723. The maximum absolute atomic E-state index is 13.1. The molecule has 2 aromatic carbocycles. The molecule has 0 saturated carbocycles. The van der Waals surface area contributed by atoms with Crippen molar-refractivity contribution in [1.82, 2.24) is 10.3 Å². The van der Waals surface area contributed by atoms with Gasteiger partial charge in [0.1, 0.15) is 6.04 Å². The van der Waals surface area contributed by atoms with Crippen molar-refractivity contribution in [3.63, 3.8) is 0 Å². The highest BCUT2D eigenvalue weighted by Gasteiger charge is 2.20. The average molecular weight is 434 g/mol. The van der Waals surface area contributed by atoms with Crippen LogP contribution in [0.15, 0.2) is 72.1 Å². The summed E-state index contributed by atoms with van der Waals surface area (Å²) in [6.45, 7) is 4.65. The van der Waals surface area contributed by atoms with Crippen LogP contribution in [0.3, 0.4) is 0 Å². The third-order valence-corrected chi connectivity index (χ3v) is 6.61. The lowest BCUT2D eigenvalue weighted by Crippen LogP contribution is -2.32. The maximum atomic E-state index is 13.1. The van der Waals surface area contributed by atoms with Gasteiger partial charge in [0, 0.05) is 22.5 Å². The van der Waals surface area contributed by atoms with Gasteiger partial charge >= 0.3 is 0 Å². The third-order valence-electron chi connectivity index (χ3n) is 4.73. The Morgan fingerprint density at radius 3 is 2.47 bits per heavy atom. The number of thiophene rings is 1. The smallest absolute Gasteiger partial charge is 0.246 e. The molecule has 0 bridgehead atoms. The zero-order valence-electron chi connectivity index (χ0n) is 16.9. The summed E-state index contributed by atoms with van der Waals surface area (Å²) in [6.07, 6.45) is 0. The Morgan fingerprint density at radius 2 is 1.77 bits per heavy atom. The van der Waals surface area contributed by atoms with Gasteiger partial charge in [-0.05, 0) is 43.7 Å². The van der Waals surface area contributed by atoms with Crippen molar-refractivity contribution in [2.75, 3.05) is 5.32 Å². The minimum Gasteiger partial charge on any atom is -0.324 e. The van der Waals surface area contributed by atoms with Crippen molar-refractivity contribution < 1.29 is 4.79 Å². The number of aromatic nitrogens is 1. The predicted molar refractivity (Wildman–Crippen MR) is 126 cm³/mol. The van der Waals surface area contributed by atoms with Crippen LogP contribution < -0.4 is 10.6 Å². The van der Waals surface area contributed by atoms with Gasteiger partial charge in [-0.3, -0.25) is 10.1 Å². The standard InChI is InChI=1S/C24H23N3OS2/c1-16-8-10-19(11-9-16)27-24(28)23(18-6-4-3-5-7-18)25-14-20-12-13-22(30-20)21-15-29-17(2)26-21/h3-13,15,23,25H,14H2,1-2H3,(H,27,28)/t23-/m1/s1. The van der Waals surface area contributed by atoms with Crippen LogP contribution in [0.25, 0.3) is 10.6 Å². The van der Waals surface area contributed by atoms with Gasteiger partial charge in [-0.15, -0.1) is 22.7 Å². The number of aryl methyl sites for hydroxylation is 2. The number of hydrogen-bond acceptors (Lipinski definition) is 5. The van der Waals surface area contributed by atoms with E-state index in [2.05, 4.69) is 33.1 Å². The van der Waals surface area contributed by atoms with Gasteiger partial charge in [0.2, 0.25) is 5.91 Å². The summed E-state index contributed by atoms with van der Waals surface area (Å²) in [6, 6.07) is 21.4. The molecule has 2 N–H and O–H groups in total. The summed E-state index contributed by atoms with van der Waals surface area (Å²) < 4.78 is 0. The van der Waals surface area contributed by atoms with Gasteiger partial charge < -0.3 is 5.32 Å². The lowest BCUT2D eigenvalue weighted by molar-refractivity contribution is -0.118. The fourth-order valence-electron chi connectivity index (χ4n) is 3.15. The minimum atomic E-state index is -0.445. The molecule has 4 rings (SSSR count). The first kappa shape index (κ1) is 20.5. The Bertz CT molecular complexity index is 1120. The number of hydrogen-bond donors (Lipinski definition) is 2. The number of anilines is 1. The summed E-state index contributed by atoms with van der Waals surface area (Å²) in [5.74, 6) is -0.0723. The second-order valence-electron chi connectivity index (χ2n) is 7.10. The highest BCUT2D eigenvalue weighted by Crippen LogP contribution is 2.29. The molecule has 0 unspecified atom stereocenters. The molecule has 1 amide bonds. The Morgan fingerprint density at radius 1 is 1.00 bits per heavy atom. The number of carbonyl (C=O) groups is 1.